The van der Waals surface area contributed by atoms with E-state index in [1.165, 1.54) is 0 Å². The van der Waals surface area contributed by atoms with E-state index >= 15 is 0 Å². The fourth-order valence-corrected chi connectivity index (χ4v) is 3.28. The van der Waals surface area contributed by atoms with Crippen LogP contribution in [0, 0.1) is 0 Å². The van der Waals surface area contributed by atoms with E-state index in [9.17, 15) is 0 Å². The summed E-state index contributed by atoms with van der Waals surface area (Å²) in [6.45, 7) is 2.98. The Kier molecular flexibility index (Phi) is 5.98. The van der Waals surface area contributed by atoms with Crippen molar-refractivity contribution in [1.29, 1.82) is 0 Å². The maximum absolute atomic E-state index is 6.24. The summed E-state index contributed by atoms with van der Waals surface area (Å²) in [5.41, 5.74) is 0. The van der Waals surface area contributed by atoms with Gasteiger partial charge in [-0.3, -0.25) is 4.90 Å². The summed E-state index contributed by atoms with van der Waals surface area (Å²) in [5, 5.41) is 10.1. The molecule has 3 aromatic rings. The van der Waals surface area contributed by atoms with Crippen LogP contribution in [-0.2, 0) is 6.61 Å². The van der Waals surface area contributed by atoms with Gasteiger partial charge in [0.25, 0.3) is 5.89 Å². The monoisotopic (exact) mass is 394 g/mol. The molecule has 0 bridgehead atoms. The van der Waals surface area contributed by atoms with E-state index in [2.05, 4.69) is 27.4 Å². The molecule has 2 heterocycles. The Morgan fingerprint density at radius 1 is 1.27 bits per heavy atom. The lowest BCUT2D eigenvalue weighted by molar-refractivity contribution is 0.189. The normalized spacial score (nSPS) is 17.8. The van der Waals surface area contributed by atoms with Crippen LogP contribution in [-0.4, -0.2) is 41.7 Å². The molecule has 0 amide bonds. The summed E-state index contributed by atoms with van der Waals surface area (Å²) in [7, 11) is 2.07. The molecule has 1 aliphatic rings. The molecule has 26 heavy (non-hydrogen) atoms. The number of nitrogens with one attached hydrogen (secondary N) is 1. The van der Waals surface area contributed by atoms with Gasteiger partial charge in [0.2, 0.25) is 0 Å². The Morgan fingerprint density at radius 3 is 2.88 bits per heavy atom. The van der Waals surface area contributed by atoms with Crippen LogP contribution < -0.4 is 10.1 Å². The number of likely N-dealkylation sites (N-methyl/N-ethyl adjacent to an activating group) is 1. The molecule has 1 aliphatic heterocycles. The Balaban J connectivity index is 0.00000196. The smallest absolute Gasteiger partial charge is 0.264 e. The highest BCUT2D eigenvalue weighted by Gasteiger charge is 2.25. The van der Waals surface area contributed by atoms with Crippen molar-refractivity contribution >= 4 is 34.8 Å². The summed E-state index contributed by atoms with van der Waals surface area (Å²) < 4.78 is 11.3. The Morgan fingerprint density at radius 2 is 2.08 bits per heavy atom. The van der Waals surface area contributed by atoms with Crippen molar-refractivity contribution in [2.45, 2.75) is 12.6 Å². The number of ether oxygens (including phenoxy) is 1. The summed E-state index contributed by atoms with van der Waals surface area (Å²) in [5.74, 6) is 1.90. The first-order valence-electron chi connectivity index (χ1n) is 8.26. The van der Waals surface area contributed by atoms with E-state index in [1.54, 1.807) is 0 Å². The van der Waals surface area contributed by atoms with E-state index < -0.39 is 0 Å². The zero-order valence-electron chi connectivity index (χ0n) is 14.3. The molecule has 1 saturated heterocycles. The predicted octanol–water partition coefficient (Wildman–Crippen LogP) is 3.45. The van der Waals surface area contributed by atoms with E-state index in [1.807, 2.05) is 36.4 Å². The van der Waals surface area contributed by atoms with Crippen molar-refractivity contribution < 1.29 is 9.26 Å². The fraction of sp³-hybridized carbons (Fsp3) is 0.333. The van der Waals surface area contributed by atoms with Gasteiger partial charge < -0.3 is 14.6 Å². The quantitative estimate of drug-likeness (QED) is 0.730. The third-order valence-electron chi connectivity index (χ3n) is 4.47. The second-order valence-electron chi connectivity index (χ2n) is 6.13. The first-order valence-corrected chi connectivity index (χ1v) is 8.63. The van der Waals surface area contributed by atoms with Crippen LogP contribution in [0.3, 0.4) is 0 Å². The van der Waals surface area contributed by atoms with Crippen LogP contribution in [0.25, 0.3) is 10.8 Å². The molecule has 0 aliphatic carbocycles. The van der Waals surface area contributed by atoms with Gasteiger partial charge in [-0.2, -0.15) is 4.98 Å². The molecule has 0 radical (unpaired) electrons. The first-order chi connectivity index (χ1) is 12.2. The van der Waals surface area contributed by atoms with Crippen LogP contribution >= 0.6 is 24.0 Å². The molecule has 1 unspecified atom stereocenters. The van der Waals surface area contributed by atoms with Crippen molar-refractivity contribution in [1.82, 2.24) is 20.4 Å². The summed E-state index contributed by atoms with van der Waals surface area (Å²) in [6, 6.07) is 11.7. The summed E-state index contributed by atoms with van der Waals surface area (Å²) in [4.78, 5) is 6.71. The molecule has 0 saturated carbocycles. The molecular weight excluding hydrogens is 375 g/mol. The van der Waals surface area contributed by atoms with Crippen LogP contribution in [0.5, 0.6) is 5.75 Å². The zero-order valence-corrected chi connectivity index (χ0v) is 15.9. The van der Waals surface area contributed by atoms with E-state index in [0.29, 0.717) is 16.7 Å². The molecule has 1 N–H and O–H groups in total. The van der Waals surface area contributed by atoms with Crippen molar-refractivity contribution in [3.05, 3.63) is 53.1 Å². The lowest BCUT2D eigenvalue weighted by Gasteiger charge is -2.30. The van der Waals surface area contributed by atoms with Crippen LogP contribution in [0.15, 0.2) is 40.9 Å². The molecule has 1 aromatic heterocycles. The lowest BCUT2D eigenvalue weighted by atomic mass is 10.1. The number of hydrogen-bond donors (Lipinski definition) is 1. The van der Waals surface area contributed by atoms with E-state index in [-0.39, 0.29) is 25.1 Å². The molecule has 0 spiro atoms. The lowest BCUT2D eigenvalue weighted by Crippen LogP contribution is -2.44. The number of aromatic nitrogens is 2. The molecular formula is C18H20Cl2N4O2. The second-order valence-corrected chi connectivity index (χ2v) is 6.53. The van der Waals surface area contributed by atoms with Crippen LogP contribution in [0.4, 0.5) is 0 Å². The minimum atomic E-state index is 0. The Hall–Kier alpha value is -1.86. The summed E-state index contributed by atoms with van der Waals surface area (Å²) >= 11 is 6.24. The van der Waals surface area contributed by atoms with E-state index in [4.69, 9.17) is 20.9 Å². The molecule has 4 rings (SSSR count). The maximum Gasteiger partial charge on any atom is 0.264 e. The highest BCUT2D eigenvalue weighted by molar-refractivity contribution is 6.35. The Labute approximate surface area is 162 Å². The topological polar surface area (TPSA) is 63.4 Å². The largest absolute Gasteiger partial charge is 0.483 e. The van der Waals surface area contributed by atoms with Gasteiger partial charge in [0.1, 0.15) is 5.75 Å². The van der Waals surface area contributed by atoms with Gasteiger partial charge in [0.15, 0.2) is 12.4 Å². The number of benzene rings is 2. The average molecular weight is 395 g/mol. The Bertz CT molecular complexity index is 887. The van der Waals surface area contributed by atoms with Gasteiger partial charge in [-0.1, -0.05) is 41.0 Å². The highest BCUT2D eigenvalue weighted by atomic mass is 35.5. The molecule has 2 aromatic carbocycles. The van der Waals surface area contributed by atoms with Gasteiger partial charge in [-0.05, 0) is 19.2 Å². The zero-order chi connectivity index (χ0) is 17.2. The van der Waals surface area contributed by atoms with Crippen molar-refractivity contribution in [2.75, 3.05) is 26.7 Å². The van der Waals surface area contributed by atoms with Crippen molar-refractivity contribution in [3.63, 3.8) is 0 Å². The van der Waals surface area contributed by atoms with Gasteiger partial charge in [-0.25, -0.2) is 0 Å². The maximum atomic E-state index is 6.24. The minimum absolute atomic E-state index is 0. The summed E-state index contributed by atoms with van der Waals surface area (Å²) in [6.07, 6.45) is 0. The number of halogens is 2. The van der Waals surface area contributed by atoms with Crippen molar-refractivity contribution in [2.24, 2.45) is 0 Å². The number of hydrogen-bond acceptors (Lipinski definition) is 6. The van der Waals surface area contributed by atoms with Crippen LogP contribution in [0.1, 0.15) is 17.8 Å². The molecule has 6 nitrogen and oxygen atoms in total. The van der Waals surface area contributed by atoms with Gasteiger partial charge in [-0.15, -0.1) is 12.4 Å². The van der Waals surface area contributed by atoms with Gasteiger partial charge >= 0.3 is 0 Å². The minimum Gasteiger partial charge on any atom is -0.483 e. The van der Waals surface area contributed by atoms with E-state index in [0.717, 1.165) is 36.2 Å². The number of piperazine rings is 1. The van der Waals surface area contributed by atoms with Crippen molar-refractivity contribution in [3.8, 4) is 5.75 Å². The molecule has 8 heteroatoms. The van der Waals surface area contributed by atoms with Crippen LogP contribution in [0.2, 0.25) is 5.02 Å². The average Bonchev–Trinajstić information content (AvgIpc) is 3.11. The number of nitrogens with zero attached hydrogens (tertiary/aromatic N) is 3. The number of fused-ring (bicyclic) bond motifs is 1. The molecule has 138 valence electrons. The second kappa shape index (κ2) is 8.22. The van der Waals surface area contributed by atoms with Gasteiger partial charge in [0, 0.05) is 35.4 Å². The highest BCUT2D eigenvalue weighted by Crippen LogP contribution is 2.31. The first kappa shape index (κ1) is 18.9. The fourth-order valence-electron chi connectivity index (χ4n) is 3.06. The number of rotatable bonds is 4. The SMILES string of the molecule is CN1CCNCC1c1noc(COc2ccc(Cl)c3ccccc23)n1.Cl. The standard InChI is InChI=1S/C18H19ClN4O2.ClH/c1-23-9-8-20-10-15(23)18-21-17(25-22-18)11-24-16-7-6-14(19)12-4-2-3-5-13(12)16;/h2-7,15,20H,8-11H2,1H3;1H. The molecule has 1 atom stereocenters. The van der Waals surface area contributed by atoms with Gasteiger partial charge in [0.05, 0.1) is 6.04 Å². The predicted molar refractivity (Wildman–Crippen MR) is 103 cm³/mol. The molecule has 1 fully saturated rings. The third kappa shape index (κ3) is 3.78. The third-order valence-corrected chi connectivity index (χ3v) is 4.80.